The number of rotatable bonds is 14. The number of likely N-dealkylation sites (N-methyl/N-ethyl adjacent to an activating group) is 1. The number of anilines is 2. The average molecular weight is 451 g/mol. The zero-order chi connectivity index (χ0) is 23.3. The molecular weight excluding hydrogens is 412 g/mol. The standard InChI is InChI=1S/C21H38N8O3/c1-4-7-8-10-17(15-29(32)16-30)19(31)25-26-20-22-18(9-5-2)23-21(24-20)28-13-11-27(6-3)12-14-28/h16-17,32H,4-15H2,1-3H3,(H,25,31)(H,22,23,24,26)/t17-/m1/s1. The van der Waals surface area contributed by atoms with Gasteiger partial charge in [0.2, 0.25) is 24.2 Å². The van der Waals surface area contributed by atoms with E-state index in [-0.39, 0.29) is 18.4 Å². The summed E-state index contributed by atoms with van der Waals surface area (Å²) < 4.78 is 0. The highest BCUT2D eigenvalue weighted by atomic mass is 16.5. The van der Waals surface area contributed by atoms with Crippen molar-refractivity contribution >= 4 is 24.2 Å². The number of hydrogen-bond donors (Lipinski definition) is 3. The number of carbonyl (C=O) groups excluding carboxylic acids is 2. The summed E-state index contributed by atoms with van der Waals surface area (Å²) in [5.74, 6) is 0.709. The highest BCUT2D eigenvalue weighted by molar-refractivity contribution is 5.80. The van der Waals surface area contributed by atoms with E-state index in [0.717, 1.165) is 58.4 Å². The van der Waals surface area contributed by atoms with Gasteiger partial charge in [-0.2, -0.15) is 15.0 Å². The fourth-order valence-electron chi connectivity index (χ4n) is 3.64. The van der Waals surface area contributed by atoms with Crippen LogP contribution in [0.15, 0.2) is 0 Å². The molecule has 1 fully saturated rings. The van der Waals surface area contributed by atoms with Crippen LogP contribution in [0.2, 0.25) is 0 Å². The van der Waals surface area contributed by atoms with Gasteiger partial charge in [0.25, 0.3) is 0 Å². The molecule has 0 radical (unpaired) electrons. The smallest absolute Gasteiger partial charge is 0.246 e. The summed E-state index contributed by atoms with van der Waals surface area (Å²) in [4.78, 5) is 41.6. The molecule has 1 aromatic heterocycles. The molecule has 1 atom stereocenters. The molecule has 0 unspecified atom stereocenters. The molecule has 1 aromatic rings. The third kappa shape index (κ3) is 8.19. The molecular formula is C21H38N8O3. The van der Waals surface area contributed by atoms with Crippen molar-refractivity contribution in [1.82, 2.24) is 30.3 Å². The SMILES string of the molecule is CCCCC[C@H](CN(O)C=O)C(=O)NNc1nc(CCC)nc(N2CCN(CC)CC2)n1. The minimum atomic E-state index is -0.539. The zero-order valence-electron chi connectivity index (χ0n) is 19.6. The van der Waals surface area contributed by atoms with Gasteiger partial charge in [-0.3, -0.25) is 25.6 Å². The van der Waals surface area contributed by atoms with E-state index < -0.39 is 5.92 Å². The minimum Gasteiger partial charge on any atom is -0.338 e. The lowest BCUT2D eigenvalue weighted by molar-refractivity contribution is -0.154. The third-order valence-corrected chi connectivity index (χ3v) is 5.60. The van der Waals surface area contributed by atoms with Gasteiger partial charge in [-0.15, -0.1) is 0 Å². The molecule has 0 aliphatic carbocycles. The second-order valence-corrected chi connectivity index (χ2v) is 8.08. The van der Waals surface area contributed by atoms with Gasteiger partial charge in [0.1, 0.15) is 5.82 Å². The fraction of sp³-hybridized carbons (Fsp3) is 0.762. The molecule has 0 aromatic carbocycles. The first-order valence-electron chi connectivity index (χ1n) is 11.7. The molecule has 180 valence electrons. The van der Waals surface area contributed by atoms with Crippen molar-refractivity contribution in [2.24, 2.45) is 5.92 Å². The van der Waals surface area contributed by atoms with Crippen molar-refractivity contribution in [3.05, 3.63) is 5.82 Å². The highest BCUT2D eigenvalue weighted by Crippen LogP contribution is 2.15. The van der Waals surface area contributed by atoms with Crippen molar-refractivity contribution in [3.8, 4) is 0 Å². The molecule has 1 saturated heterocycles. The molecule has 2 rings (SSSR count). The second kappa shape index (κ2) is 13.8. The number of carbonyl (C=O) groups is 2. The summed E-state index contributed by atoms with van der Waals surface area (Å²) in [7, 11) is 0. The number of nitrogens with one attached hydrogen (secondary N) is 2. The van der Waals surface area contributed by atoms with Crippen LogP contribution in [0, 0.1) is 5.92 Å². The predicted molar refractivity (Wildman–Crippen MR) is 122 cm³/mol. The summed E-state index contributed by atoms with van der Waals surface area (Å²) in [6.45, 7) is 10.9. The maximum atomic E-state index is 12.7. The van der Waals surface area contributed by atoms with E-state index in [1.165, 1.54) is 0 Å². The molecule has 2 heterocycles. The first-order chi connectivity index (χ1) is 15.5. The number of piperazine rings is 1. The lowest BCUT2D eigenvalue weighted by Gasteiger charge is -2.34. The van der Waals surface area contributed by atoms with Crippen molar-refractivity contribution in [3.63, 3.8) is 0 Å². The number of aromatic nitrogens is 3. The Kier molecular flexibility index (Phi) is 11.1. The minimum absolute atomic E-state index is 0.0635. The number of aryl methyl sites for hydroxylation is 1. The number of amides is 2. The Bertz CT molecular complexity index is 712. The summed E-state index contributed by atoms with van der Waals surface area (Å²) >= 11 is 0. The number of hydrazine groups is 1. The zero-order valence-corrected chi connectivity index (χ0v) is 19.6. The first-order valence-corrected chi connectivity index (χ1v) is 11.7. The Hall–Kier alpha value is -2.53. The van der Waals surface area contributed by atoms with Crippen LogP contribution in [0.1, 0.15) is 58.7 Å². The topological polar surface area (TPSA) is 127 Å². The molecule has 1 aliphatic heterocycles. The number of hydrogen-bond acceptors (Lipinski definition) is 9. The maximum absolute atomic E-state index is 12.7. The number of unbranched alkanes of at least 4 members (excludes halogenated alkanes) is 2. The van der Waals surface area contributed by atoms with Gasteiger partial charge in [0.05, 0.1) is 12.5 Å². The molecule has 0 saturated carbocycles. The van der Waals surface area contributed by atoms with Crippen LogP contribution in [-0.2, 0) is 16.0 Å². The molecule has 32 heavy (non-hydrogen) atoms. The lowest BCUT2D eigenvalue weighted by atomic mass is 10.0. The molecule has 0 bridgehead atoms. The Morgan fingerprint density at radius 2 is 1.88 bits per heavy atom. The molecule has 11 heteroatoms. The van der Waals surface area contributed by atoms with Crippen LogP contribution >= 0.6 is 0 Å². The molecule has 0 spiro atoms. The Morgan fingerprint density at radius 3 is 2.50 bits per heavy atom. The Labute approximate surface area is 190 Å². The first kappa shape index (κ1) is 25.7. The Balaban J connectivity index is 2.06. The quantitative estimate of drug-likeness (QED) is 0.167. The third-order valence-electron chi connectivity index (χ3n) is 5.60. The van der Waals surface area contributed by atoms with Crippen molar-refractivity contribution in [2.45, 2.75) is 59.3 Å². The summed E-state index contributed by atoms with van der Waals surface area (Å²) in [5.41, 5.74) is 5.47. The largest absolute Gasteiger partial charge is 0.338 e. The van der Waals surface area contributed by atoms with Gasteiger partial charge in [0.15, 0.2) is 0 Å². The molecule has 11 nitrogen and oxygen atoms in total. The van der Waals surface area contributed by atoms with Crippen LogP contribution < -0.4 is 15.8 Å². The van der Waals surface area contributed by atoms with Gasteiger partial charge >= 0.3 is 0 Å². The fourth-order valence-corrected chi connectivity index (χ4v) is 3.64. The van der Waals surface area contributed by atoms with Gasteiger partial charge in [-0.1, -0.05) is 40.0 Å². The average Bonchev–Trinajstić information content (AvgIpc) is 2.82. The molecule has 1 aliphatic rings. The van der Waals surface area contributed by atoms with Crippen molar-refractivity contribution in [1.29, 1.82) is 0 Å². The second-order valence-electron chi connectivity index (χ2n) is 8.08. The predicted octanol–water partition coefficient (Wildman–Crippen LogP) is 1.45. The molecule has 2 amide bonds. The van der Waals surface area contributed by atoms with Gasteiger partial charge in [-0.25, -0.2) is 5.06 Å². The van der Waals surface area contributed by atoms with Crippen LogP contribution in [0.25, 0.3) is 0 Å². The molecule has 3 N–H and O–H groups in total. The van der Waals surface area contributed by atoms with Crippen LogP contribution in [-0.4, -0.2) is 81.7 Å². The monoisotopic (exact) mass is 450 g/mol. The highest BCUT2D eigenvalue weighted by Gasteiger charge is 2.22. The van der Waals surface area contributed by atoms with Crippen LogP contribution in [0.3, 0.4) is 0 Å². The number of hydroxylamine groups is 2. The number of nitrogens with zero attached hydrogens (tertiary/aromatic N) is 6. The van der Waals surface area contributed by atoms with Crippen LogP contribution in [0.5, 0.6) is 0 Å². The van der Waals surface area contributed by atoms with E-state index in [4.69, 9.17) is 0 Å². The lowest BCUT2D eigenvalue weighted by Crippen LogP contribution is -2.47. The summed E-state index contributed by atoms with van der Waals surface area (Å²) in [5, 5.41) is 10.1. The van der Waals surface area contributed by atoms with E-state index in [2.05, 4.69) is 56.4 Å². The Morgan fingerprint density at radius 1 is 1.12 bits per heavy atom. The maximum Gasteiger partial charge on any atom is 0.246 e. The van der Waals surface area contributed by atoms with Gasteiger partial charge in [0, 0.05) is 32.6 Å². The van der Waals surface area contributed by atoms with E-state index in [0.29, 0.717) is 36.1 Å². The van der Waals surface area contributed by atoms with E-state index in [9.17, 15) is 14.8 Å². The van der Waals surface area contributed by atoms with Gasteiger partial charge in [-0.05, 0) is 19.4 Å². The summed E-state index contributed by atoms with van der Waals surface area (Å²) in [6, 6.07) is 0. The van der Waals surface area contributed by atoms with Crippen LogP contribution in [0.4, 0.5) is 11.9 Å². The van der Waals surface area contributed by atoms with Crippen molar-refractivity contribution in [2.75, 3.05) is 49.6 Å². The summed E-state index contributed by atoms with van der Waals surface area (Å²) in [6.07, 6.45) is 5.32. The van der Waals surface area contributed by atoms with E-state index >= 15 is 0 Å². The van der Waals surface area contributed by atoms with E-state index in [1.807, 2.05) is 0 Å². The van der Waals surface area contributed by atoms with E-state index in [1.54, 1.807) is 0 Å². The normalized spacial score (nSPS) is 15.3. The van der Waals surface area contributed by atoms with Crippen molar-refractivity contribution < 1.29 is 14.8 Å². The van der Waals surface area contributed by atoms with Gasteiger partial charge < -0.3 is 9.80 Å².